The Labute approximate surface area is 307 Å². The number of anilines is 1. The van der Waals surface area contributed by atoms with Crippen LogP contribution in [0.3, 0.4) is 0 Å². The van der Waals surface area contributed by atoms with Crippen LogP contribution in [0.1, 0.15) is 79.1 Å². The number of nitrogens with one attached hydrogen (secondary N) is 1. The van der Waals surface area contributed by atoms with E-state index in [1.54, 1.807) is 23.5 Å². The fourth-order valence-corrected chi connectivity index (χ4v) is 7.20. The molecule has 49 heavy (non-hydrogen) atoms. The van der Waals surface area contributed by atoms with Gasteiger partial charge in [-0.15, -0.1) is 12.8 Å². The molecule has 2 atom stereocenters. The smallest absolute Gasteiger partial charge is 0.186 e. The normalized spacial score (nSPS) is 13.6. The molecular weight excluding hydrogens is 701 g/mol. The SMILES string of the molecule is CCC(CC(CC)N(C)c1nc2ccc(CO)cc2s1)NCc1c(-c2c(Cl)cccc2Cl)noc1C1CC1.NS.O=Cc1ccc(O)cc1. The summed E-state index contributed by atoms with van der Waals surface area (Å²) in [4.78, 5) is 17.2. The summed E-state index contributed by atoms with van der Waals surface area (Å²) >= 11 is 17.8. The third-order valence-corrected chi connectivity index (χ3v) is 10.3. The molecule has 0 radical (unpaired) electrons. The number of hydrogen-bond acceptors (Lipinski definition) is 11. The largest absolute Gasteiger partial charge is 0.508 e. The zero-order chi connectivity index (χ0) is 35.5. The molecule has 0 spiro atoms. The highest BCUT2D eigenvalue weighted by molar-refractivity contribution is 7.77. The number of phenols is 1. The minimum atomic E-state index is 0.0412. The number of benzene rings is 3. The Bertz CT molecular complexity index is 1780. The van der Waals surface area contributed by atoms with E-state index in [-0.39, 0.29) is 12.4 Å². The number of aldehydes is 1. The van der Waals surface area contributed by atoms with Gasteiger partial charge in [-0.2, -0.15) is 0 Å². The van der Waals surface area contributed by atoms with E-state index in [0.717, 1.165) is 81.9 Å². The van der Waals surface area contributed by atoms with E-state index in [1.165, 1.54) is 12.1 Å². The summed E-state index contributed by atoms with van der Waals surface area (Å²) < 4.78 is 6.96. The lowest BCUT2D eigenvalue weighted by molar-refractivity contribution is 0.112. The number of nitrogens with zero attached hydrogens (tertiary/aromatic N) is 3. The Kier molecular flexibility index (Phi) is 14.8. The average Bonchev–Trinajstić information content (AvgIpc) is 3.75. The first-order valence-electron chi connectivity index (χ1n) is 16.2. The van der Waals surface area contributed by atoms with Crippen LogP contribution >= 0.6 is 47.4 Å². The maximum atomic E-state index is 10.0. The van der Waals surface area contributed by atoms with Crippen LogP contribution in [0, 0.1) is 0 Å². The average molecular weight is 745 g/mol. The van der Waals surface area contributed by atoms with Gasteiger partial charge in [0.05, 0.1) is 26.9 Å². The molecule has 2 heterocycles. The third-order valence-electron chi connectivity index (χ3n) is 8.56. The number of hydrogen-bond donors (Lipinski definition) is 5. The van der Waals surface area contributed by atoms with Crippen molar-refractivity contribution in [3.63, 3.8) is 0 Å². The predicted molar refractivity (Wildman–Crippen MR) is 204 cm³/mol. The minimum Gasteiger partial charge on any atom is -0.508 e. The van der Waals surface area contributed by atoms with Crippen LogP contribution in [-0.4, -0.2) is 45.8 Å². The van der Waals surface area contributed by atoms with Crippen molar-refractivity contribution in [1.29, 1.82) is 0 Å². The van der Waals surface area contributed by atoms with Gasteiger partial charge < -0.3 is 25.0 Å². The Morgan fingerprint density at radius 3 is 2.39 bits per heavy atom. The van der Waals surface area contributed by atoms with Gasteiger partial charge in [-0.1, -0.05) is 65.7 Å². The van der Waals surface area contributed by atoms with Crippen LogP contribution in [-0.2, 0) is 13.2 Å². The molecule has 6 rings (SSSR count). The molecule has 2 aromatic heterocycles. The van der Waals surface area contributed by atoms with Gasteiger partial charge in [0.25, 0.3) is 0 Å². The van der Waals surface area contributed by atoms with Crippen LogP contribution in [0.5, 0.6) is 5.75 Å². The first-order valence-corrected chi connectivity index (χ1v) is 18.2. The van der Waals surface area contributed by atoms with Crippen LogP contribution in [0.25, 0.3) is 21.5 Å². The van der Waals surface area contributed by atoms with E-state index >= 15 is 0 Å². The van der Waals surface area contributed by atoms with Gasteiger partial charge in [-0.25, -0.2) is 4.98 Å². The van der Waals surface area contributed by atoms with E-state index in [1.807, 2.05) is 36.4 Å². The van der Waals surface area contributed by atoms with Gasteiger partial charge in [-0.05, 0) is 86.2 Å². The van der Waals surface area contributed by atoms with Crippen molar-refractivity contribution >= 4 is 69.0 Å². The maximum Gasteiger partial charge on any atom is 0.186 e. The summed E-state index contributed by atoms with van der Waals surface area (Å²) in [6, 6.07) is 18.2. The van der Waals surface area contributed by atoms with Gasteiger partial charge in [0, 0.05) is 48.3 Å². The van der Waals surface area contributed by atoms with Crippen LogP contribution in [0.2, 0.25) is 10.0 Å². The molecular formula is C36H43Cl2N5O4S2. The molecule has 1 saturated carbocycles. The lowest BCUT2D eigenvalue weighted by Crippen LogP contribution is -2.39. The summed E-state index contributed by atoms with van der Waals surface area (Å²) in [5.74, 6) is 1.56. The quantitative estimate of drug-likeness (QED) is 0.0592. The number of rotatable bonds is 13. The Morgan fingerprint density at radius 2 is 1.80 bits per heavy atom. The monoisotopic (exact) mass is 743 g/mol. The zero-order valence-corrected chi connectivity index (χ0v) is 31.0. The standard InChI is InChI=1S/C29H34Cl2N4O2S.C7H6O2.H3NS/c1-4-19(14-20(5-2)35(3)29-33-24-12-9-17(16-36)13-25(24)38-29)32-15-21-27(34-37-28(21)18-10-11-18)26-22(30)7-6-8-23(26)31;8-5-6-1-3-7(9)4-2-6;1-2/h6-9,12-13,18-20,32,36H,4-5,10-11,14-16H2,1-3H3;1-5,9H;2H,1H2. The third kappa shape index (κ3) is 9.97. The highest BCUT2D eigenvalue weighted by atomic mass is 35.5. The highest BCUT2D eigenvalue weighted by Gasteiger charge is 2.33. The van der Waals surface area contributed by atoms with Crippen LogP contribution < -0.4 is 15.4 Å². The van der Waals surface area contributed by atoms with E-state index in [2.05, 4.69) is 54.2 Å². The molecule has 262 valence electrons. The van der Waals surface area contributed by atoms with E-state index < -0.39 is 0 Å². The molecule has 2 unspecified atom stereocenters. The molecule has 5 N–H and O–H groups in total. The molecule has 3 aromatic carbocycles. The number of thiol groups is 1. The van der Waals surface area contributed by atoms with Crippen molar-refractivity contribution in [3.8, 4) is 17.0 Å². The number of fused-ring (bicyclic) bond motifs is 1. The molecule has 0 amide bonds. The van der Waals surface area contributed by atoms with Crippen LogP contribution in [0.4, 0.5) is 5.13 Å². The number of aliphatic hydroxyl groups is 1. The summed E-state index contributed by atoms with van der Waals surface area (Å²) in [6.45, 7) is 5.14. The molecule has 5 aromatic rings. The van der Waals surface area contributed by atoms with Crippen molar-refractivity contribution in [2.24, 2.45) is 5.14 Å². The highest BCUT2D eigenvalue weighted by Crippen LogP contribution is 2.46. The minimum absolute atomic E-state index is 0.0412. The zero-order valence-electron chi connectivity index (χ0n) is 27.8. The van der Waals surface area contributed by atoms with E-state index in [0.29, 0.717) is 40.2 Å². The summed E-state index contributed by atoms with van der Waals surface area (Å²) in [5.41, 5.74) is 5.00. The van der Waals surface area contributed by atoms with Gasteiger partial charge in [-0.3, -0.25) is 9.93 Å². The second kappa shape index (κ2) is 18.7. The summed E-state index contributed by atoms with van der Waals surface area (Å²) in [7, 11) is 2.13. The van der Waals surface area contributed by atoms with Gasteiger partial charge in [0.1, 0.15) is 23.5 Å². The summed E-state index contributed by atoms with van der Waals surface area (Å²) in [6.07, 6.45) is 5.97. The topological polar surface area (TPSA) is 138 Å². The number of carbonyl (C=O) groups excluding carboxylic acids is 1. The Hall–Kier alpha value is -3.16. The number of aromatic nitrogens is 2. The van der Waals surface area contributed by atoms with Crippen molar-refractivity contribution in [3.05, 3.63) is 93.2 Å². The second-order valence-electron chi connectivity index (χ2n) is 11.8. The van der Waals surface area contributed by atoms with Crippen LogP contribution in [0.15, 0.2) is 65.2 Å². The molecule has 0 saturated heterocycles. The van der Waals surface area contributed by atoms with E-state index in [4.69, 9.17) is 37.8 Å². The number of nitrogens with two attached hydrogens (primary N) is 1. The molecule has 1 fully saturated rings. The molecule has 0 aliphatic heterocycles. The Morgan fingerprint density at radius 1 is 1.10 bits per heavy atom. The van der Waals surface area contributed by atoms with Crippen molar-refractivity contribution in [1.82, 2.24) is 15.5 Å². The van der Waals surface area contributed by atoms with E-state index in [9.17, 15) is 9.90 Å². The van der Waals surface area contributed by atoms with Gasteiger partial charge >= 0.3 is 0 Å². The molecule has 1 aliphatic rings. The first kappa shape index (κ1) is 38.6. The first-order chi connectivity index (χ1) is 23.8. The molecule has 0 bridgehead atoms. The van der Waals surface area contributed by atoms with Crippen molar-refractivity contribution < 1.29 is 19.5 Å². The van der Waals surface area contributed by atoms with Crippen molar-refractivity contribution in [2.45, 2.75) is 77.1 Å². The number of thiazole rings is 1. The number of aromatic hydroxyl groups is 1. The Balaban J connectivity index is 0.000000423. The number of halogens is 2. The predicted octanol–water partition coefficient (Wildman–Crippen LogP) is 8.80. The molecule has 13 heteroatoms. The lowest BCUT2D eigenvalue weighted by atomic mass is 10.00. The van der Waals surface area contributed by atoms with Crippen molar-refractivity contribution in [2.75, 3.05) is 11.9 Å². The summed E-state index contributed by atoms with van der Waals surface area (Å²) in [5, 5.41) is 32.8. The second-order valence-corrected chi connectivity index (χ2v) is 13.6. The fraction of sp³-hybridized carbons (Fsp3) is 0.361. The fourth-order valence-electron chi connectivity index (χ4n) is 5.56. The maximum absolute atomic E-state index is 10.0. The number of phenolic OH excluding ortho intramolecular Hbond substituents is 1. The van der Waals surface area contributed by atoms with Gasteiger partial charge in [0.15, 0.2) is 5.13 Å². The molecule has 9 nitrogen and oxygen atoms in total. The van der Waals surface area contributed by atoms with Gasteiger partial charge in [0.2, 0.25) is 0 Å². The lowest BCUT2D eigenvalue weighted by Gasteiger charge is -2.30. The molecule has 1 aliphatic carbocycles. The number of aliphatic hydroxyl groups excluding tert-OH is 1. The number of carbonyl (C=O) groups is 1.